The topological polar surface area (TPSA) is 87.9 Å². The van der Waals surface area contributed by atoms with Gasteiger partial charge in [-0.3, -0.25) is 4.79 Å². The number of carbonyl (C=O) groups excluding carboxylic acids is 1. The zero-order valence-corrected chi connectivity index (χ0v) is 11.6. The van der Waals surface area contributed by atoms with E-state index in [2.05, 4.69) is 20.1 Å². The monoisotopic (exact) mass is 275 g/mol. The van der Waals surface area contributed by atoms with Crippen molar-refractivity contribution in [3.05, 3.63) is 29.4 Å². The molecule has 0 aromatic carbocycles. The van der Waals surface area contributed by atoms with Gasteiger partial charge >= 0.3 is 0 Å². The first-order valence-electron chi connectivity index (χ1n) is 6.84. The van der Waals surface area contributed by atoms with E-state index in [0.29, 0.717) is 30.4 Å². The fourth-order valence-corrected chi connectivity index (χ4v) is 2.51. The van der Waals surface area contributed by atoms with Gasteiger partial charge in [0.1, 0.15) is 11.5 Å². The number of hydrogen-bond donors (Lipinski definition) is 1. The van der Waals surface area contributed by atoms with E-state index in [1.165, 1.54) is 0 Å². The number of aromatic amines is 1. The first kappa shape index (κ1) is 12.8. The molecule has 7 nitrogen and oxygen atoms in total. The number of H-pyrrole nitrogens is 1. The van der Waals surface area contributed by atoms with Crippen LogP contribution in [0.2, 0.25) is 0 Å². The molecule has 1 aliphatic heterocycles. The van der Waals surface area contributed by atoms with Gasteiger partial charge in [-0.25, -0.2) is 4.98 Å². The minimum absolute atomic E-state index is 0.0593. The molecule has 0 radical (unpaired) electrons. The third-order valence-corrected chi connectivity index (χ3v) is 3.53. The van der Waals surface area contributed by atoms with Crippen molar-refractivity contribution in [2.45, 2.75) is 39.2 Å². The maximum absolute atomic E-state index is 12.5. The van der Waals surface area contributed by atoms with Crippen LogP contribution in [-0.4, -0.2) is 37.5 Å². The summed E-state index contributed by atoms with van der Waals surface area (Å²) < 4.78 is 5.14. The van der Waals surface area contributed by atoms with Crippen LogP contribution in [0.15, 0.2) is 10.7 Å². The molecule has 1 aliphatic rings. The number of nitrogens with one attached hydrogen (secondary N) is 1. The van der Waals surface area contributed by atoms with Crippen molar-refractivity contribution in [2.75, 3.05) is 6.54 Å². The second kappa shape index (κ2) is 5.07. The third-order valence-electron chi connectivity index (χ3n) is 3.53. The summed E-state index contributed by atoms with van der Waals surface area (Å²) in [6.45, 7) is 4.49. The Kier molecular flexibility index (Phi) is 3.25. The first-order chi connectivity index (χ1) is 9.69. The molecule has 2 aromatic heterocycles. The predicted octanol–water partition coefficient (Wildman–Crippen LogP) is 1.64. The molecule has 0 bridgehead atoms. The number of imidazole rings is 1. The number of aromatic nitrogens is 4. The molecule has 1 fully saturated rings. The zero-order chi connectivity index (χ0) is 14.1. The Morgan fingerprint density at radius 2 is 2.45 bits per heavy atom. The number of nitrogens with zero attached hydrogens (tertiary/aromatic N) is 4. The van der Waals surface area contributed by atoms with Crippen molar-refractivity contribution in [1.29, 1.82) is 0 Å². The molecule has 1 amide bonds. The third kappa shape index (κ3) is 2.19. The van der Waals surface area contributed by atoms with Crippen molar-refractivity contribution in [3.8, 4) is 0 Å². The molecule has 20 heavy (non-hydrogen) atoms. The van der Waals surface area contributed by atoms with Gasteiger partial charge in [0.15, 0.2) is 5.82 Å². The molecule has 1 saturated heterocycles. The first-order valence-corrected chi connectivity index (χ1v) is 6.84. The highest BCUT2D eigenvalue weighted by Gasteiger charge is 2.34. The summed E-state index contributed by atoms with van der Waals surface area (Å²) in [6, 6.07) is -0.102. The van der Waals surface area contributed by atoms with Crippen LogP contribution in [0.1, 0.15) is 53.8 Å². The second-order valence-corrected chi connectivity index (χ2v) is 4.94. The van der Waals surface area contributed by atoms with E-state index in [-0.39, 0.29) is 11.9 Å². The van der Waals surface area contributed by atoms with Gasteiger partial charge in [-0.2, -0.15) is 4.98 Å². The number of hydrogen-bond acceptors (Lipinski definition) is 5. The quantitative estimate of drug-likeness (QED) is 0.920. The maximum Gasteiger partial charge on any atom is 0.272 e. The Morgan fingerprint density at radius 1 is 1.60 bits per heavy atom. The summed E-state index contributed by atoms with van der Waals surface area (Å²) >= 11 is 0. The number of likely N-dealkylation sites (tertiary alicyclic amines) is 1. The maximum atomic E-state index is 12.5. The average molecular weight is 275 g/mol. The molecule has 3 heterocycles. The SMILES string of the molecule is CCc1nc([C@H]2CCCN2C(=O)c2cnc(C)[nH]2)no1. The van der Waals surface area contributed by atoms with Gasteiger partial charge in [0, 0.05) is 13.0 Å². The highest BCUT2D eigenvalue weighted by Crippen LogP contribution is 2.31. The largest absolute Gasteiger partial charge is 0.339 e. The molecule has 1 N–H and O–H groups in total. The lowest BCUT2D eigenvalue weighted by atomic mass is 10.2. The van der Waals surface area contributed by atoms with E-state index < -0.39 is 0 Å². The molecule has 2 aromatic rings. The summed E-state index contributed by atoms with van der Waals surface area (Å²) in [7, 11) is 0. The molecule has 106 valence electrons. The lowest BCUT2D eigenvalue weighted by Crippen LogP contribution is -2.31. The Morgan fingerprint density at radius 3 is 3.10 bits per heavy atom. The van der Waals surface area contributed by atoms with E-state index in [1.54, 1.807) is 11.1 Å². The van der Waals surface area contributed by atoms with Gasteiger partial charge in [-0.15, -0.1) is 0 Å². The molecule has 0 saturated carbocycles. The van der Waals surface area contributed by atoms with Crippen molar-refractivity contribution in [3.63, 3.8) is 0 Å². The van der Waals surface area contributed by atoms with Crippen molar-refractivity contribution in [2.24, 2.45) is 0 Å². The highest BCUT2D eigenvalue weighted by molar-refractivity contribution is 5.92. The van der Waals surface area contributed by atoms with Crippen LogP contribution in [0, 0.1) is 6.92 Å². The van der Waals surface area contributed by atoms with E-state index in [0.717, 1.165) is 18.7 Å². The molecule has 1 atom stereocenters. The lowest BCUT2D eigenvalue weighted by molar-refractivity contribution is 0.0723. The van der Waals surface area contributed by atoms with Gasteiger partial charge in [-0.1, -0.05) is 12.1 Å². The Hall–Kier alpha value is -2.18. The van der Waals surface area contributed by atoms with Crippen LogP contribution in [0.3, 0.4) is 0 Å². The molecule has 7 heteroatoms. The van der Waals surface area contributed by atoms with Crippen LogP contribution in [-0.2, 0) is 6.42 Å². The Balaban J connectivity index is 1.83. The summed E-state index contributed by atoms with van der Waals surface area (Å²) in [5.74, 6) is 1.88. The predicted molar refractivity (Wildman–Crippen MR) is 70.0 cm³/mol. The molecular formula is C13H17N5O2. The standard InChI is InChI=1S/C13H17N5O2/c1-3-11-16-12(17-20-11)10-5-4-6-18(10)13(19)9-7-14-8(2)15-9/h7,10H,3-6H2,1-2H3,(H,14,15)/t10-/m1/s1. The van der Waals surface area contributed by atoms with E-state index in [1.807, 2.05) is 13.8 Å². The fraction of sp³-hybridized carbons (Fsp3) is 0.538. The molecular weight excluding hydrogens is 258 g/mol. The average Bonchev–Trinajstić information content (AvgIpc) is 3.17. The van der Waals surface area contributed by atoms with Crippen LogP contribution in [0.4, 0.5) is 0 Å². The van der Waals surface area contributed by atoms with Crippen LogP contribution >= 0.6 is 0 Å². The highest BCUT2D eigenvalue weighted by atomic mass is 16.5. The van der Waals surface area contributed by atoms with E-state index in [4.69, 9.17) is 4.52 Å². The summed E-state index contributed by atoms with van der Waals surface area (Å²) in [5, 5.41) is 3.99. The van der Waals surface area contributed by atoms with Gasteiger partial charge in [0.05, 0.1) is 12.2 Å². The van der Waals surface area contributed by atoms with Crippen LogP contribution in [0.5, 0.6) is 0 Å². The normalized spacial score (nSPS) is 18.7. The smallest absolute Gasteiger partial charge is 0.272 e. The minimum Gasteiger partial charge on any atom is -0.339 e. The molecule has 3 rings (SSSR count). The number of aryl methyl sites for hydroxylation is 2. The molecule has 0 aliphatic carbocycles. The van der Waals surface area contributed by atoms with Gasteiger partial charge in [-0.05, 0) is 19.8 Å². The number of rotatable bonds is 3. The van der Waals surface area contributed by atoms with Gasteiger partial charge in [0.25, 0.3) is 5.91 Å². The fourth-order valence-electron chi connectivity index (χ4n) is 2.51. The van der Waals surface area contributed by atoms with Crippen molar-refractivity contribution < 1.29 is 9.32 Å². The van der Waals surface area contributed by atoms with E-state index in [9.17, 15) is 4.79 Å². The lowest BCUT2D eigenvalue weighted by Gasteiger charge is -2.21. The van der Waals surface area contributed by atoms with Gasteiger partial charge in [0.2, 0.25) is 5.89 Å². The van der Waals surface area contributed by atoms with Gasteiger partial charge < -0.3 is 14.4 Å². The van der Waals surface area contributed by atoms with E-state index >= 15 is 0 Å². The van der Waals surface area contributed by atoms with Crippen LogP contribution in [0.25, 0.3) is 0 Å². The second-order valence-electron chi connectivity index (χ2n) is 4.94. The minimum atomic E-state index is -0.102. The number of amides is 1. The summed E-state index contributed by atoms with van der Waals surface area (Å²) in [4.78, 5) is 25.7. The Labute approximate surface area is 116 Å². The molecule has 0 spiro atoms. The number of carbonyl (C=O) groups is 1. The van der Waals surface area contributed by atoms with Crippen molar-refractivity contribution in [1.82, 2.24) is 25.0 Å². The summed E-state index contributed by atoms with van der Waals surface area (Å²) in [5.41, 5.74) is 0.508. The summed E-state index contributed by atoms with van der Waals surface area (Å²) in [6.07, 6.45) is 4.08. The zero-order valence-electron chi connectivity index (χ0n) is 11.6. The van der Waals surface area contributed by atoms with Crippen molar-refractivity contribution >= 4 is 5.91 Å². The molecule has 0 unspecified atom stereocenters. The van der Waals surface area contributed by atoms with Crippen LogP contribution < -0.4 is 0 Å². The Bertz CT molecular complexity index is 618.